The lowest BCUT2D eigenvalue weighted by molar-refractivity contribution is 0.0685. The molecule has 0 saturated carbocycles. The number of aromatic nitrogens is 3. The van der Waals surface area contributed by atoms with Crippen LogP contribution in [-0.4, -0.2) is 73.3 Å². The molecule has 2 N–H and O–H groups in total. The van der Waals surface area contributed by atoms with Crippen LogP contribution >= 0.6 is 0 Å². The van der Waals surface area contributed by atoms with E-state index in [1.807, 2.05) is 44.2 Å². The lowest BCUT2D eigenvalue weighted by Crippen LogP contribution is -2.30. The summed E-state index contributed by atoms with van der Waals surface area (Å²) in [6, 6.07) is 9.65. The van der Waals surface area contributed by atoms with Gasteiger partial charge < -0.3 is 29.3 Å². The minimum atomic E-state index is -0.590. The molecule has 0 amide bonds. The molecule has 4 rings (SSSR count). The Bertz CT molecular complexity index is 1090. The number of hydrogen-bond acceptors (Lipinski definition) is 9. The number of benzene rings is 1. The summed E-state index contributed by atoms with van der Waals surface area (Å²) >= 11 is 0. The Hall–Kier alpha value is -3.01. The monoisotopic (exact) mass is 481 g/mol. The standard InChI is InChI=1S/C26H35N5O4/c1-17-25(18(2)35-30-17)23-13-24(31(4)15-19-8-10-33-11-9-19)29-26(28-23)20-6-5-7-22(12-20)34-16-21(32)14-27-3/h5-7,12-13,19,21,27,32H,8-11,14-16H2,1-4H3. The fourth-order valence-electron chi connectivity index (χ4n) is 4.36. The second-order valence-corrected chi connectivity index (χ2v) is 9.12. The molecule has 1 fully saturated rings. The van der Waals surface area contributed by atoms with Crippen molar-refractivity contribution in [2.45, 2.75) is 32.8 Å². The van der Waals surface area contributed by atoms with Crippen LogP contribution in [0.15, 0.2) is 34.9 Å². The van der Waals surface area contributed by atoms with Crippen LogP contribution in [0, 0.1) is 19.8 Å². The maximum absolute atomic E-state index is 9.98. The molecule has 1 aliphatic heterocycles. The Kier molecular flexibility index (Phi) is 8.33. The SMILES string of the molecule is CNCC(O)COc1cccc(-c2nc(-c3c(C)noc3C)cc(N(C)CC3CCOCC3)n2)c1. The van der Waals surface area contributed by atoms with Gasteiger partial charge in [-0.25, -0.2) is 9.97 Å². The highest BCUT2D eigenvalue weighted by Crippen LogP contribution is 2.31. The van der Waals surface area contributed by atoms with Crippen LogP contribution in [0.3, 0.4) is 0 Å². The number of ether oxygens (including phenoxy) is 2. The van der Waals surface area contributed by atoms with Gasteiger partial charge in [0, 0.05) is 45.0 Å². The molecule has 2 aromatic heterocycles. The van der Waals surface area contributed by atoms with E-state index in [-0.39, 0.29) is 6.61 Å². The number of aryl methyl sites for hydroxylation is 2. The number of aliphatic hydroxyl groups excluding tert-OH is 1. The van der Waals surface area contributed by atoms with Gasteiger partial charge in [-0.05, 0) is 51.8 Å². The second kappa shape index (κ2) is 11.6. The van der Waals surface area contributed by atoms with E-state index in [2.05, 4.69) is 22.4 Å². The van der Waals surface area contributed by atoms with E-state index in [1.165, 1.54) is 0 Å². The average molecular weight is 482 g/mol. The molecule has 1 atom stereocenters. The molecule has 0 radical (unpaired) electrons. The van der Waals surface area contributed by atoms with E-state index in [1.54, 1.807) is 7.05 Å². The van der Waals surface area contributed by atoms with Crippen molar-refractivity contribution in [3.63, 3.8) is 0 Å². The third-order valence-electron chi connectivity index (χ3n) is 6.24. The first-order valence-electron chi connectivity index (χ1n) is 12.1. The molecule has 35 heavy (non-hydrogen) atoms. The summed E-state index contributed by atoms with van der Waals surface area (Å²) in [5.41, 5.74) is 3.29. The molecule has 1 saturated heterocycles. The van der Waals surface area contributed by atoms with Crippen LogP contribution in [0.5, 0.6) is 5.75 Å². The summed E-state index contributed by atoms with van der Waals surface area (Å²) in [5, 5.41) is 17.0. The van der Waals surface area contributed by atoms with Crippen LogP contribution in [0.25, 0.3) is 22.6 Å². The van der Waals surface area contributed by atoms with Crippen LogP contribution in [0.1, 0.15) is 24.3 Å². The van der Waals surface area contributed by atoms with E-state index in [4.69, 9.17) is 24.0 Å². The maximum Gasteiger partial charge on any atom is 0.162 e. The van der Waals surface area contributed by atoms with Crippen molar-refractivity contribution in [3.05, 3.63) is 41.8 Å². The van der Waals surface area contributed by atoms with Crippen molar-refractivity contribution in [2.75, 3.05) is 51.9 Å². The fourth-order valence-corrected chi connectivity index (χ4v) is 4.36. The molecule has 1 aromatic carbocycles. The quantitative estimate of drug-likeness (QED) is 0.451. The van der Waals surface area contributed by atoms with Crippen molar-refractivity contribution in [1.29, 1.82) is 0 Å². The van der Waals surface area contributed by atoms with Gasteiger partial charge in [0.2, 0.25) is 0 Å². The van der Waals surface area contributed by atoms with Gasteiger partial charge in [-0.2, -0.15) is 0 Å². The van der Waals surface area contributed by atoms with Gasteiger partial charge in [0.25, 0.3) is 0 Å². The highest BCUT2D eigenvalue weighted by Gasteiger charge is 2.21. The number of likely N-dealkylation sites (N-methyl/N-ethyl adjacent to an activating group) is 1. The number of nitrogens with one attached hydrogen (secondary N) is 1. The zero-order valence-electron chi connectivity index (χ0n) is 21.0. The Morgan fingerprint density at radius 3 is 2.71 bits per heavy atom. The summed E-state index contributed by atoms with van der Waals surface area (Å²) in [6.07, 6.45) is 1.52. The van der Waals surface area contributed by atoms with Crippen LogP contribution in [0.2, 0.25) is 0 Å². The van der Waals surface area contributed by atoms with Gasteiger partial charge in [-0.15, -0.1) is 0 Å². The Morgan fingerprint density at radius 1 is 1.20 bits per heavy atom. The number of anilines is 1. The minimum Gasteiger partial charge on any atom is -0.491 e. The summed E-state index contributed by atoms with van der Waals surface area (Å²) in [4.78, 5) is 12.0. The number of nitrogens with zero attached hydrogens (tertiary/aromatic N) is 4. The van der Waals surface area contributed by atoms with Crippen molar-refractivity contribution in [2.24, 2.45) is 5.92 Å². The van der Waals surface area contributed by atoms with Gasteiger partial charge in [0.1, 0.15) is 30.0 Å². The van der Waals surface area contributed by atoms with Gasteiger partial charge in [-0.3, -0.25) is 0 Å². The Balaban J connectivity index is 1.66. The van der Waals surface area contributed by atoms with Crippen molar-refractivity contribution in [3.8, 4) is 28.4 Å². The van der Waals surface area contributed by atoms with Crippen molar-refractivity contribution >= 4 is 5.82 Å². The Labute approximate surface area is 206 Å². The predicted octanol–water partition coefficient (Wildman–Crippen LogP) is 3.24. The van der Waals surface area contributed by atoms with Crippen LogP contribution < -0.4 is 15.0 Å². The summed E-state index contributed by atoms with van der Waals surface area (Å²) in [6.45, 7) is 7.00. The highest BCUT2D eigenvalue weighted by atomic mass is 16.5. The third-order valence-corrected chi connectivity index (χ3v) is 6.24. The topological polar surface area (TPSA) is 106 Å². The number of hydrogen-bond donors (Lipinski definition) is 2. The van der Waals surface area contributed by atoms with Gasteiger partial charge >= 0.3 is 0 Å². The van der Waals surface area contributed by atoms with E-state index < -0.39 is 6.10 Å². The highest BCUT2D eigenvalue weighted by molar-refractivity contribution is 5.70. The molecule has 0 bridgehead atoms. The molecular formula is C26H35N5O4. The van der Waals surface area contributed by atoms with Crippen LogP contribution in [-0.2, 0) is 4.74 Å². The Morgan fingerprint density at radius 2 is 2.00 bits per heavy atom. The second-order valence-electron chi connectivity index (χ2n) is 9.12. The first kappa shape index (κ1) is 25.1. The molecule has 9 nitrogen and oxygen atoms in total. The summed E-state index contributed by atoms with van der Waals surface area (Å²) in [5.74, 6) is 3.38. The molecule has 1 unspecified atom stereocenters. The largest absolute Gasteiger partial charge is 0.491 e. The van der Waals surface area contributed by atoms with Gasteiger partial charge in [0.15, 0.2) is 5.82 Å². The molecule has 188 valence electrons. The summed E-state index contributed by atoms with van der Waals surface area (Å²) < 4.78 is 16.8. The lowest BCUT2D eigenvalue weighted by atomic mass is 10.00. The van der Waals surface area contributed by atoms with E-state index in [0.717, 1.165) is 66.7 Å². The molecule has 3 heterocycles. The lowest BCUT2D eigenvalue weighted by Gasteiger charge is -2.28. The fraction of sp³-hybridized carbons (Fsp3) is 0.500. The molecule has 9 heteroatoms. The zero-order valence-corrected chi connectivity index (χ0v) is 21.0. The normalized spacial score (nSPS) is 15.2. The van der Waals surface area contributed by atoms with Crippen molar-refractivity contribution < 1.29 is 19.1 Å². The van der Waals surface area contributed by atoms with Gasteiger partial charge in [0.05, 0.1) is 17.0 Å². The molecular weight excluding hydrogens is 446 g/mol. The van der Waals surface area contributed by atoms with Crippen LogP contribution in [0.4, 0.5) is 5.82 Å². The van der Waals surface area contributed by atoms with Crippen molar-refractivity contribution in [1.82, 2.24) is 20.4 Å². The number of aliphatic hydroxyl groups is 1. The van der Waals surface area contributed by atoms with Gasteiger partial charge in [-0.1, -0.05) is 17.3 Å². The first-order valence-corrected chi connectivity index (χ1v) is 12.1. The average Bonchev–Trinajstić information content (AvgIpc) is 3.21. The zero-order chi connectivity index (χ0) is 24.8. The molecule has 0 aliphatic carbocycles. The number of rotatable bonds is 10. The molecule has 3 aromatic rings. The minimum absolute atomic E-state index is 0.198. The third kappa shape index (κ3) is 6.36. The molecule has 1 aliphatic rings. The predicted molar refractivity (Wildman–Crippen MR) is 135 cm³/mol. The smallest absolute Gasteiger partial charge is 0.162 e. The van der Waals surface area contributed by atoms with E-state index in [9.17, 15) is 5.11 Å². The van der Waals surface area contributed by atoms with E-state index >= 15 is 0 Å². The molecule has 0 spiro atoms. The maximum atomic E-state index is 9.98. The first-order chi connectivity index (χ1) is 16.9. The summed E-state index contributed by atoms with van der Waals surface area (Å²) in [7, 11) is 3.87. The van der Waals surface area contributed by atoms with E-state index in [0.29, 0.717) is 24.0 Å².